The summed E-state index contributed by atoms with van der Waals surface area (Å²) in [7, 11) is 0. The molecular formula is C12H21N3O2. The zero-order valence-electron chi connectivity index (χ0n) is 10.4. The molecule has 1 saturated heterocycles. The fourth-order valence-electron chi connectivity index (χ4n) is 2.69. The van der Waals surface area contributed by atoms with Gasteiger partial charge < -0.3 is 15.4 Å². The molecule has 5 heteroatoms. The van der Waals surface area contributed by atoms with Gasteiger partial charge >= 0.3 is 6.03 Å². The summed E-state index contributed by atoms with van der Waals surface area (Å²) in [5.41, 5.74) is 0.801. The Morgan fingerprint density at radius 2 is 2.18 bits per heavy atom. The molecule has 2 rings (SSSR count). The summed E-state index contributed by atoms with van der Waals surface area (Å²) in [5, 5.41) is 15.2. The van der Waals surface area contributed by atoms with Gasteiger partial charge in [0.05, 0.1) is 5.71 Å². The van der Waals surface area contributed by atoms with E-state index in [2.05, 4.69) is 10.5 Å². The lowest BCUT2D eigenvalue weighted by Gasteiger charge is -2.32. The second-order valence-electron chi connectivity index (χ2n) is 5.12. The second kappa shape index (κ2) is 5.38. The van der Waals surface area contributed by atoms with E-state index in [1.54, 1.807) is 0 Å². The van der Waals surface area contributed by atoms with E-state index in [0.717, 1.165) is 18.6 Å². The van der Waals surface area contributed by atoms with Crippen LogP contribution in [0.1, 0.15) is 39.0 Å². The van der Waals surface area contributed by atoms with Crippen LogP contribution in [0.25, 0.3) is 0 Å². The summed E-state index contributed by atoms with van der Waals surface area (Å²) in [4.78, 5) is 13.8. The summed E-state index contributed by atoms with van der Waals surface area (Å²) in [6.07, 6.45) is 5.35. The van der Waals surface area contributed by atoms with Crippen molar-refractivity contribution in [1.82, 2.24) is 10.2 Å². The highest BCUT2D eigenvalue weighted by atomic mass is 16.4. The van der Waals surface area contributed by atoms with Crippen LogP contribution < -0.4 is 5.32 Å². The number of hydrogen-bond acceptors (Lipinski definition) is 3. The summed E-state index contributed by atoms with van der Waals surface area (Å²) in [5.74, 6) is 0.156. The summed E-state index contributed by atoms with van der Waals surface area (Å²) in [6.45, 7) is 3.30. The number of piperidine rings is 1. The van der Waals surface area contributed by atoms with Crippen LogP contribution in [0.2, 0.25) is 0 Å². The van der Waals surface area contributed by atoms with Crippen molar-refractivity contribution >= 4 is 11.7 Å². The third kappa shape index (κ3) is 2.90. The molecule has 1 aliphatic carbocycles. The van der Waals surface area contributed by atoms with Crippen molar-refractivity contribution in [1.29, 1.82) is 0 Å². The molecule has 96 valence electrons. The maximum atomic E-state index is 12.0. The van der Waals surface area contributed by atoms with Crippen molar-refractivity contribution < 1.29 is 10.0 Å². The number of carbonyl (C=O) groups is 1. The quantitative estimate of drug-likeness (QED) is 0.541. The number of rotatable bonds is 1. The highest BCUT2D eigenvalue weighted by Gasteiger charge is 2.27. The summed E-state index contributed by atoms with van der Waals surface area (Å²) in [6, 6.07) is 0.409. The molecule has 2 N–H and O–H groups in total. The largest absolute Gasteiger partial charge is 0.411 e. The molecule has 17 heavy (non-hydrogen) atoms. The molecule has 0 aromatic rings. The molecule has 2 aliphatic rings. The van der Waals surface area contributed by atoms with Crippen molar-refractivity contribution in [3.63, 3.8) is 0 Å². The molecule has 2 amide bonds. The molecule has 1 atom stereocenters. The number of hydrogen-bond donors (Lipinski definition) is 2. The van der Waals surface area contributed by atoms with E-state index in [0.29, 0.717) is 25.6 Å². The molecular weight excluding hydrogens is 218 g/mol. The van der Waals surface area contributed by atoms with Crippen LogP contribution >= 0.6 is 0 Å². The highest BCUT2D eigenvalue weighted by Crippen LogP contribution is 2.19. The molecule has 0 bridgehead atoms. The Morgan fingerprint density at radius 1 is 1.47 bits per heavy atom. The molecule has 5 nitrogen and oxygen atoms in total. The Morgan fingerprint density at radius 3 is 2.76 bits per heavy atom. The Bertz CT molecular complexity index is 311. The number of nitrogens with one attached hydrogen (secondary N) is 1. The number of nitrogens with zero attached hydrogens (tertiary/aromatic N) is 2. The SMILES string of the molecule is CC1CN(C(=O)NC2CCCC2)CCC1=NO. The molecule has 1 aliphatic heterocycles. The number of likely N-dealkylation sites (tertiary alicyclic amines) is 1. The Balaban J connectivity index is 1.84. The van der Waals surface area contributed by atoms with E-state index in [-0.39, 0.29) is 11.9 Å². The zero-order valence-corrected chi connectivity index (χ0v) is 10.4. The lowest BCUT2D eigenvalue weighted by Crippen LogP contribution is -2.49. The Labute approximate surface area is 102 Å². The number of oxime groups is 1. The number of amides is 2. The van der Waals surface area contributed by atoms with Crippen molar-refractivity contribution in [3.05, 3.63) is 0 Å². The van der Waals surface area contributed by atoms with Gasteiger partial charge in [-0.1, -0.05) is 24.9 Å². The molecule has 1 heterocycles. The fraction of sp³-hybridized carbons (Fsp3) is 0.833. The van der Waals surface area contributed by atoms with Gasteiger partial charge in [-0.25, -0.2) is 4.79 Å². The minimum absolute atomic E-state index is 0.0424. The van der Waals surface area contributed by atoms with Gasteiger partial charge in [-0.15, -0.1) is 0 Å². The van der Waals surface area contributed by atoms with E-state index in [1.807, 2.05) is 11.8 Å². The van der Waals surface area contributed by atoms with Gasteiger partial charge in [0, 0.05) is 31.5 Å². The van der Waals surface area contributed by atoms with Crippen LogP contribution in [-0.4, -0.2) is 41.0 Å². The van der Waals surface area contributed by atoms with Gasteiger partial charge in [-0.2, -0.15) is 0 Å². The van der Waals surface area contributed by atoms with Gasteiger partial charge in [-0.05, 0) is 12.8 Å². The minimum Gasteiger partial charge on any atom is -0.411 e. The van der Waals surface area contributed by atoms with E-state index < -0.39 is 0 Å². The van der Waals surface area contributed by atoms with Crippen LogP contribution in [0.15, 0.2) is 5.16 Å². The third-order valence-corrected chi connectivity index (χ3v) is 3.80. The third-order valence-electron chi connectivity index (χ3n) is 3.80. The maximum Gasteiger partial charge on any atom is 0.317 e. The average molecular weight is 239 g/mol. The first-order valence-corrected chi connectivity index (χ1v) is 6.47. The van der Waals surface area contributed by atoms with Gasteiger partial charge in [0.25, 0.3) is 0 Å². The van der Waals surface area contributed by atoms with Crippen LogP contribution in [-0.2, 0) is 0 Å². The van der Waals surface area contributed by atoms with E-state index in [9.17, 15) is 4.79 Å². The van der Waals surface area contributed by atoms with E-state index in [4.69, 9.17) is 5.21 Å². The van der Waals surface area contributed by atoms with Crippen molar-refractivity contribution in [2.75, 3.05) is 13.1 Å². The molecule has 1 unspecified atom stereocenters. The monoisotopic (exact) mass is 239 g/mol. The van der Waals surface area contributed by atoms with Crippen molar-refractivity contribution in [3.8, 4) is 0 Å². The normalized spacial score (nSPS) is 28.6. The lowest BCUT2D eigenvalue weighted by atomic mass is 9.98. The fourth-order valence-corrected chi connectivity index (χ4v) is 2.69. The topological polar surface area (TPSA) is 64.9 Å². The van der Waals surface area contributed by atoms with Crippen LogP contribution in [0, 0.1) is 5.92 Å². The number of carbonyl (C=O) groups excluding carboxylic acids is 1. The predicted octanol–water partition coefficient (Wildman–Crippen LogP) is 1.81. The second-order valence-corrected chi connectivity index (χ2v) is 5.12. The maximum absolute atomic E-state index is 12.0. The Hall–Kier alpha value is -1.26. The zero-order chi connectivity index (χ0) is 12.3. The summed E-state index contributed by atoms with van der Waals surface area (Å²) < 4.78 is 0. The highest BCUT2D eigenvalue weighted by molar-refractivity contribution is 5.88. The molecule has 2 fully saturated rings. The molecule has 0 aromatic carbocycles. The predicted molar refractivity (Wildman–Crippen MR) is 65.4 cm³/mol. The van der Waals surface area contributed by atoms with E-state index in [1.165, 1.54) is 12.8 Å². The molecule has 1 saturated carbocycles. The standard InChI is InChI=1S/C12H21N3O2/c1-9-8-15(7-6-11(9)14-17)12(16)13-10-4-2-3-5-10/h9-10,17H,2-8H2,1H3,(H,13,16). The van der Waals surface area contributed by atoms with Gasteiger partial charge in [-0.3, -0.25) is 0 Å². The molecule has 0 radical (unpaired) electrons. The lowest BCUT2D eigenvalue weighted by molar-refractivity contribution is 0.185. The van der Waals surface area contributed by atoms with E-state index >= 15 is 0 Å². The van der Waals surface area contributed by atoms with Crippen molar-refractivity contribution in [2.24, 2.45) is 11.1 Å². The van der Waals surface area contributed by atoms with Crippen LogP contribution in [0.5, 0.6) is 0 Å². The van der Waals surface area contributed by atoms with Crippen LogP contribution in [0.4, 0.5) is 4.79 Å². The minimum atomic E-state index is 0.0424. The molecule has 0 spiro atoms. The van der Waals surface area contributed by atoms with Crippen molar-refractivity contribution in [2.45, 2.75) is 45.1 Å². The smallest absolute Gasteiger partial charge is 0.317 e. The number of urea groups is 1. The summed E-state index contributed by atoms with van der Waals surface area (Å²) >= 11 is 0. The first kappa shape index (κ1) is 12.2. The average Bonchev–Trinajstić information content (AvgIpc) is 2.81. The van der Waals surface area contributed by atoms with Gasteiger partial charge in [0.2, 0.25) is 0 Å². The first-order valence-electron chi connectivity index (χ1n) is 6.47. The van der Waals surface area contributed by atoms with Gasteiger partial charge in [0.1, 0.15) is 0 Å². The Kier molecular flexibility index (Phi) is 3.86. The van der Waals surface area contributed by atoms with Crippen LogP contribution in [0.3, 0.4) is 0 Å². The van der Waals surface area contributed by atoms with Gasteiger partial charge in [0.15, 0.2) is 0 Å². The molecule has 0 aromatic heterocycles. The first-order chi connectivity index (χ1) is 8.20.